The van der Waals surface area contributed by atoms with Gasteiger partial charge < -0.3 is 19.7 Å². The quantitative estimate of drug-likeness (QED) is 0.912. The summed E-state index contributed by atoms with van der Waals surface area (Å²) in [6, 6.07) is 6.21. The van der Waals surface area contributed by atoms with Gasteiger partial charge in [0.1, 0.15) is 5.75 Å². The molecular weight excluding hydrogens is 276 g/mol. The summed E-state index contributed by atoms with van der Waals surface area (Å²) in [6.45, 7) is 6.61. The molecule has 1 aliphatic heterocycles. The van der Waals surface area contributed by atoms with E-state index in [0.717, 1.165) is 38.2 Å². The van der Waals surface area contributed by atoms with Crippen LogP contribution < -0.4 is 4.74 Å². The van der Waals surface area contributed by atoms with Gasteiger partial charge in [-0.05, 0) is 69.5 Å². The molecule has 1 aliphatic rings. The number of fused-ring (bicyclic) bond motifs is 1. The van der Waals surface area contributed by atoms with E-state index in [2.05, 4.69) is 28.2 Å². The van der Waals surface area contributed by atoms with Crippen molar-refractivity contribution in [2.45, 2.75) is 38.2 Å². The Morgan fingerprint density at radius 1 is 1.32 bits per heavy atom. The number of rotatable bonds is 4. The molecule has 2 aromatic rings. The molecule has 120 valence electrons. The molecule has 1 saturated heterocycles. The van der Waals surface area contributed by atoms with Gasteiger partial charge in [0.25, 0.3) is 0 Å². The maximum Gasteiger partial charge on any atom is 0.119 e. The Morgan fingerprint density at radius 2 is 2.05 bits per heavy atom. The molecule has 22 heavy (non-hydrogen) atoms. The van der Waals surface area contributed by atoms with Crippen LogP contribution in [-0.4, -0.2) is 47.3 Å². The summed E-state index contributed by atoms with van der Waals surface area (Å²) in [6.07, 6.45) is 4.43. The highest BCUT2D eigenvalue weighted by Gasteiger charge is 2.26. The number of H-pyrrole nitrogens is 1. The van der Waals surface area contributed by atoms with Gasteiger partial charge in [-0.2, -0.15) is 0 Å². The Morgan fingerprint density at radius 3 is 2.68 bits per heavy atom. The Hall–Kier alpha value is -1.52. The molecule has 4 nitrogen and oxygen atoms in total. The Bertz CT molecular complexity index is 634. The Labute approximate surface area is 132 Å². The van der Waals surface area contributed by atoms with Crippen molar-refractivity contribution in [2.75, 3.05) is 26.7 Å². The number of piperidine rings is 1. The fourth-order valence-electron chi connectivity index (χ4n) is 3.54. The molecule has 3 rings (SSSR count). The van der Waals surface area contributed by atoms with Gasteiger partial charge in [0.2, 0.25) is 0 Å². The predicted molar refractivity (Wildman–Crippen MR) is 89.6 cm³/mol. The van der Waals surface area contributed by atoms with Crippen LogP contribution in [0.2, 0.25) is 0 Å². The van der Waals surface area contributed by atoms with Crippen molar-refractivity contribution in [3.8, 4) is 5.75 Å². The van der Waals surface area contributed by atoms with Crippen molar-refractivity contribution >= 4 is 10.9 Å². The van der Waals surface area contributed by atoms with Crippen LogP contribution in [0.5, 0.6) is 5.75 Å². The molecule has 2 heterocycles. The SMILES string of the molecule is COc1ccc2[nH]cc(C3CCN(CC(C)(C)O)CC3)c2c1. The molecule has 1 fully saturated rings. The molecule has 0 atom stereocenters. The zero-order chi connectivity index (χ0) is 15.7. The second-order valence-electron chi connectivity index (χ2n) is 7.02. The number of likely N-dealkylation sites (tertiary alicyclic amines) is 1. The molecule has 0 radical (unpaired) electrons. The first-order valence-corrected chi connectivity index (χ1v) is 8.06. The van der Waals surface area contributed by atoms with Crippen molar-refractivity contribution in [1.82, 2.24) is 9.88 Å². The summed E-state index contributed by atoms with van der Waals surface area (Å²) in [5, 5.41) is 11.2. The van der Waals surface area contributed by atoms with Gasteiger partial charge in [0.15, 0.2) is 0 Å². The normalized spacial score (nSPS) is 18.0. The van der Waals surface area contributed by atoms with Crippen LogP contribution in [-0.2, 0) is 0 Å². The lowest BCUT2D eigenvalue weighted by Crippen LogP contribution is -2.42. The maximum atomic E-state index is 9.96. The van der Waals surface area contributed by atoms with E-state index in [9.17, 15) is 5.11 Å². The van der Waals surface area contributed by atoms with E-state index >= 15 is 0 Å². The molecule has 1 aromatic carbocycles. The molecule has 0 aliphatic carbocycles. The zero-order valence-corrected chi connectivity index (χ0v) is 13.7. The van der Waals surface area contributed by atoms with Crippen molar-refractivity contribution in [3.63, 3.8) is 0 Å². The lowest BCUT2D eigenvalue weighted by Gasteiger charge is -2.35. The van der Waals surface area contributed by atoms with E-state index in [1.807, 2.05) is 19.9 Å². The minimum Gasteiger partial charge on any atom is -0.497 e. The molecule has 0 spiro atoms. The van der Waals surface area contributed by atoms with Gasteiger partial charge in [-0.3, -0.25) is 0 Å². The fraction of sp³-hybridized carbons (Fsp3) is 0.556. The van der Waals surface area contributed by atoms with Gasteiger partial charge in [0, 0.05) is 23.6 Å². The Kier molecular flexibility index (Phi) is 4.15. The summed E-state index contributed by atoms with van der Waals surface area (Å²) in [5.41, 5.74) is 1.97. The number of aromatic nitrogens is 1. The number of hydrogen-bond acceptors (Lipinski definition) is 3. The zero-order valence-electron chi connectivity index (χ0n) is 13.7. The Balaban J connectivity index is 1.73. The molecular formula is C18H26N2O2. The van der Waals surface area contributed by atoms with E-state index in [0.29, 0.717) is 5.92 Å². The lowest BCUT2D eigenvalue weighted by molar-refractivity contribution is 0.0282. The van der Waals surface area contributed by atoms with Crippen molar-refractivity contribution in [2.24, 2.45) is 0 Å². The van der Waals surface area contributed by atoms with E-state index in [4.69, 9.17) is 4.74 Å². The van der Waals surface area contributed by atoms with Crippen LogP contribution in [0.3, 0.4) is 0 Å². The maximum absolute atomic E-state index is 9.96. The van der Waals surface area contributed by atoms with E-state index in [-0.39, 0.29) is 0 Å². The van der Waals surface area contributed by atoms with Crippen LogP contribution in [0, 0.1) is 0 Å². The summed E-state index contributed by atoms with van der Waals surface area (Å²) in [5.74, 6) is 1.49. The first-order valence-electron chi connectivity index (χ1n) is 8.06. The number of aromatic amines is 1. The third-order valence-electron chi connectivity index (χ3n) is 4.56. The van der Waals surface area contributed by atoms with Gasteiger partial charge in [-0.15, -0.1) is 0 Å². The number of nitrogens with zero attached hydrogens (tertiary/aromatic N) is 1. The van der Waals surface area contributed by atoms with E-state index in [1.54, 1.807) is 7.11 Å². The summed E-state index contributed by atoms with van der Waals surface area (Å²) in [4.78, 5) is 5.74. The van der Waals surface area contributed by atoms with Crippen LogP contribution in [0.1, 0.15) is 38.2 Å². The smallest absolute Gasteiger partial charge is 0.119 e. The largest absolute Gasteiger partial charge is 0.497 e. The second-order valence-corrected chi connectivity index (χ2v) is 7.02. The van der Waals surface area contributed by atoms with Gasteiger partial charge >= 0.3 is 0 Å². The molecule has 4 heteroatoms. The monoisotopic (exact) mass is 302 g/mol. The van der Waals surface area contributed by atoms with Crippen LogP contribution >= 0.6 is 0 Å². The van der Waals surface area contributed by atoms with Gasteiger partial charge in [-0.25, -0.2) is 0 Å². The van der Waals surface area contributed by atoms with E-state index in [1.165, 1.54) is 16.5 Å². The fourth-order valence-corrected chi connectivity index (χ4v) is 3.54. The topological polar surface area (TPSA) is 48.5 Å². The number of ether oxygens (including phenoxy) is 1. The van der Waals surface area contributed by atoms with Crippen LogP contribution in [0.4, 0.5) is 0 Å². The van der Waals surface area contributed by atoms with E-state index < -0.39 is 5.60 Å². The average molecular weight is 302 g/mol. The highest BCUT2D eigenvalue weighted by Crippen LogP contribution is 2.34. The van der Waals surface area contributed by atoms with Gasteiger partial charge in [-0.1, -0.05) is 0 Å². The first kappa shape index (κ1) is 15.4. The van der Waals surface area contributed by atoms with Crippen molar-refractivity contribution < 1.29 is 9.84 Å². The average Bonchev–Trinajstić information content (AvgIpc) is 2.89. The van der Waals surface area contributed by atoms with Crippen molar-refractivity contribution in [3.05, 3.63) is 30.0 Å². The molecule has 1 aromatic heterocycles. The van der Waals surface area contributed by atoms with Gasteiger partial charge in [0.05, 0.1) is 12.7 Å². The number of methoxy groups -OCH3 is 1. The standard InChI is InChI=1S/C18H26N2O2/c1-18(2,21)12-20-8-6-13(7-9-20)16-11-19-17-5-4-14(22-3)10-15(16)17/h4-5,10-11,13,19,21H,6-9,12H2,1-3H3. The third kappa shape index (κ3) is 3.28. The minimum atomic E-state index is -0.610. The number of hydrogen-bond donors (Lipinski definition) is 2. The number of aliphatic hydroxyl groups is 1. The highest BCUT2D eigenvalue weighted by atomic mass is 16.5. The predicted octanol–water partition coefficient (Wildman–Crippen LogP) is 3.13. The minimum absolute atomic E-state index is 0.582. The summed E-state index contributed by atoms with van der Waals surface area (Å²) in [7, 11) is 1.71. The van der Waals surface area contributed by atoms with Crippen LogP contribution in [0.15, 0.2) is 24.4 Å². The molecule has 0 unspecified atom stereocenters. The highest BCUT2D eigenvalue weighted by molar-refractivity contribution is 5.85. The van der Waals surface area contributed by atoms with Crippen LogP contribution in [0.25, 0.3) is 10.9 Å². The summed E-state index contributed by atoms with van der Waals surface area (Å²) >= 11 is 0. The first-order chi connectivity index (χ1) is 10.5. The lowest BCUT2D eigenvalue weighted by atomic mass is 9.88. The molecule has 0 amide bonds. The molecule has 0 saturated carbocycles. The number of benzene rings is 1. The molecule has 2 N–H and O–H groups in total. The molecule has 0 bridgehead atoms. The number of nitrogens with one attached hydrogen (secondary N) is 1. The second kappa shape index (κ2) is 5.94. The number of β-amino-alcohol motifs (C(OH)–C–C–N with tert-alkyl or cyclic N) is 1. The van der Waals surface area contributed by atoms with Crippen molar-refractivity contribution in [1.29, 1.82) is 0 Å². The third-order valence-corrected chi connectivity index (χ3v) is 4.56. The summed E-state index contributed by atoms with van der Waals surface area (Å²) < 4.78 is 5.36.